The van der Waals surface area contributed by atoms with Gasteiger partial charge in [0.25, 0.3) is 5.91 Å². The van der Waals surface area contributed by atoms with Crippen LogP contribution >= 0.6 is 0 Å². The Bertz CT molecular complexity index is 667. The van der Waals surface area contributed by atoms with Crippen LogP contribution in [0.2, 0.25) is 0 Å². The normalized spacial score (nSPS) is 13.6. The minimum Gasteiger partial charge on any atom is -0.348 e. The van der Waals surface area contributed by atoms with Crippen LogP contribution in [0.25, 0.3) is 0 Å². The van der Waals surface area contributed by atoms with Crippen LogP contribution in [0.5, 0.6) is 0 Å². The largest absolute Gasteiger partial charge is 0.348 e. The van der Waals surface area contributed by atoms with Crippen LogP contribution in [0.15, 0.2) is 36.7 Å². The number of carbonyl (C=O) groups is 1. The highest BCUT2D eigenvalue weighted by atomic mass is 16.1. The zero-order chi connectivity index (χ0) is 14.7. The first kappa shape index (κ1) is 13.8. The van der Waals surface area contributed by atoms with Gasteiger partial charge < -0.3 is 10.6 Å². The third kappa shape index (κ3) is 2.95. The van der Waals surface area contributed by atoms with Gasteiger partial charge in [0.15, 0.2) is 0 Å². The lowest BCUT2D eigenvalue weighted by Gasteiger charge is -2.20. The van der Waals surface area contributed by atoms with Crippen molar-refractivity contribution < 1.29 is 4.79 Å². The Morgan fingerprint density at radius 2 is 2.29 bits per heavy atom. The fourth-order valence-electron chi connectivity index (χ4n) is 2.70. The highest BCUT2D eigenvalue weighted by molar-refractivity contribution is 5.96. The minimum absolute atomic E-state index is 0.00277. The molecule has 1 aromatic heterocycles. The van der Waals surface area contributed by atoms with Crippen molar-refractivity contribution in [1.82, 2.24) is 15.6 Å². The molecule has 1 amide bonds. The Morgan fingerprint density at radius 3 is 3.14 bits per heavy atom. The Labute approximate surface area is 124 Å². The van der Waals surface area contributed by atoms with Crippen LogP contribution in [-0.4, -0.2) is 17.4 Å². The van der Waals surface area contributed by atoms with Gasteiger partial charge in [-0.25, -0.2) is 0 Å². The average Bonchev–Trinajstić information content (AvgIpc) is 2.53. The van der Waals surface area contributed by atoms with Gasteiger partial charge in [-0.3, -0.25) is 9.78 Å². The van der Waals surface area contributed by atoms with Gasteiger partial charge in [0.05, 0.1) is 0 Å². The summed E-state index contributed by atoms with van der Waals surface area (Å²) in [6, 6.07) is 7.91. The number of pyridine rings is 1. The van der Waals surface area contributed by atoms with E-state index in [2.05, 4.69) is 21.7 Å². The lowest BCUT2D eigenvalue weighted by molar-refractivity contribution is 0.0949. The lowest BCUT2D eigenvalue weighted by atomic mass is 9.95. The summed E-state index contributed by atoms with van der Waals surface area (Å²) in [6.45, 7) is 4.32. The summed E-state index contributed by atoms with van der Waals surface area (Å²) in [5.41, 5.74) is 5.40. The number of aromatic nitrogens is 1. The molecule has 4 nitrogen and oxygen atoms in total. The third-order valence-corrected chi connectivity index (χ3v) is 3.97. The number of fused-ring (bicyclic) bond motifs is 1. The number of nitrogens with one attached hydrogen (secondary N) is 2. The second-order valence-corrected chi connectivity index (χ2v) is 5.35. The van der Waals surface area contributed by atoms with Gasteiger partial charge in [-0.2, -0.15) is 0 Å². The Balaban J connectivity index is 1.76. The highest BCUT2D eigenvalue weighted by Gasteiger charge is 2.17. The fraction of sp³-hybridized carbons (Fsp3) is 0.294. The smallest absolute Gasteiger partial charge is 0.251 e. The zero-order valence-electron chi connectivity index (χ0n) is 12.1. The molecule has 0 spiro atoms. The Hall–Kier alpha value is -2.20. The molecule has 4 heteroatoms. The summed E-state index contributed by atoms with van der Waals surface area (Å²) in [4.78, 5) is 16.6. The fourth-order valence-corrected chi connectivity index (χ4v) is 2.70. The Kier molecular flexibility index (Phi) is 3.97. The van der Waals surface area contributed by atoms with Crippen LogP contribution in [0.4, 0.5) is 0 Å². The molecule has 108 valence electrons. The molecular weight excluding hydrogens is 262 g/mol. The van der Waals surface area contributed by atoms with Crippen molar-refractivity contribution >= 4 is 5.91 Å². The molecule has 2 N–H and O–H groups in total. The molecule has 0 bridgehead atoms. The second kappa shape index (κ2) is 6.06. The van der Waals surface area contributed by atoms with E-state index in [-0.39, 0.29) is 5.91 Å². The summed E-state index contributed by atoms with van der Waals surface area (Å²) in [5.74, 6) is -0.00277. The van der Waals surface area contributed by atoms with E-state index in [1.165, 1.54) is 11.1 Å². The van der Waals surface area contributed by atoms with Gasteiger partial charge in [-0.05, 0) is 54.3 Å². The van der Waals surface area contributed by atoms with E-state index < -0.39 is 0 Å². The number of nitrogens with zero attached hydrogens (tertiary/aromatic N) is 1. The Morgan fingerprint density at radius 1 is 1.38 bits per heavy atom. The first-order chi connectivity index (χ1) is 10.3. The molecule has 0 fully saturated rings. The van der Waals surface area contributed by atoms with E-state index in [4.69, 9.17) is 0 Å². The van der Waals surface area contributed by atoms with Gasteiger partial charge in [0.1, 0.15) is 0 Å². The maximum Gasteiger partial charge on any atom is 0.251 e. The SMILES string of the molecule is Cc1ccncc1CNC(=O)c1cccc2c1CCNC2. The first-order valence-electron chi connectivity index (χ1n) is 7.25. The molecule has 2 aromatic rings. The predicted octanol–water partition coefficient (Wildman–Crippen LogP) is 1.97. The van der Waals surface area contributed by atoms with Crippen molar-refractivity contribution in [3.63, 3.8) is 0 Å². The van der Waals surface area contributed by atoms with Crippen molar-refractivity contribution in [2.75, 3.05) is 6.54 Å². The molecule has 1 aliphatic heterocycles. The van der Waals surface area contributed by atoms with Crippen LogP contribution < -0.4 is 10.6 Å². The molecule has 1 aromatic carbocycles. The molecule has 0 radical (unpaired) electrons. The molecule has 0 unspecified atom stereocenters. The molecule has 3 rings (SSSR count). The van der Waals surface area contributed by atoms with Crippen LogP contribution in [0, 0.1) is 6.92 Å². The number of carbonyl (C=O) groups excluding carboxylic acids is 1. The molecular formula is C17H19N3O. The summed E-state index contributed by atoms with van der Waals surface area (Å²) >= 11 is 0. The van der Waals surface area contributed by atoms with Crippen LogP contribution in [-0.2, 0) is 19.5 Å². The van der Waals surface area contributed by atoms with Crippen LogP contribution in [0.1, 0.15) is 32.6 Å². The van der Waals surface area contributed by atoms with E-state index in [0.29, 0.717) is 6.54 Å². The van der Waals surface area contributed by atoms with Gasteiger partial charge in [-0.1, -0.05) is 12.1 Å². The topological polar surface area (TPSA) is 54.0 Å². The summed E-state index contributed by atoms with van der Waals surface area (Å²) in [7, 11) is 0. The number of amides is 1. The van der Waals surface area contributed by atoms with E-state index in [9.17, 15) is 4.79 Å². The molecule has 0 saturated heterocycles. The highest BCUT2D eigenvalue weighted by Crippen LogP contribution is 2.18. The number of benzene rings is 1. The maximum absolute atomic E-state index is 12.4. The van der Waals surface area contributed by atoms with E-state index in [1.807, 2.05) is 25.1 Å². The molecule has 0 aliphatic carbocycles. The van der Waals surface area contributed by atoms with Gasteiger partial charge in [0.2, 0.25) is 0 Å². The van der Waals surface area contributed by atoms with Crippen molar-refractivity contribution in [3.8, 4) is 0 Å². The molecule has 2 heterocycles. The number of rotatable bonds is 3. The van der Waals surface area contributed by atoms with Crippen molar-refractivity contribution in [1.29, 1.82) is 0 Å². The summed E-state index contributed by atoms with van der Waals surface area (Å²) < 4.78 is 0. The standard InChI is InChI=1S/C17H19N3O/c1-12-5-7-18-10-14(12)11-20-17(21)16-4-2-3-13-9-19-8-6-15(13)16/h2-5,7,10,19H,6,8-9,11H2,1H3,(H,20,21). The maximum atomic E-state index is 12.4. The molecule has 1 aliphatic rings. The van der Waals surface area contributed by atoms with E-state index >= 15 is 0 Å². The molecule has 0 saturated carbocycles. The number of aryl methyl sites for hydroxylation is 1. The quantitative estimate of drug-likeness (QED) is 0.904. The van der Waals surface area contributed by atoms with E-state index in [1.54, 1.807) is 12.4 Å². The number of hydrogen-bond acceptors (Lipinski definition) is 3. The number of hydrogen-bond donors (Lipinski definition) is 2. The first-order valence-corrected chi connectivity index (χ1v) is 7.25. The summed E-state index contributed by atoms with van der Waals surface area (Å²) in [6.07, 6.45) is 4.48. The van der Waals surface area contributed by atoms with E-state index in [0.717, 1.165) is 36.2 Å². The predicted molar refractivity (Wildman–Crippen MR) is 82.0 cm³/mol. The van der Waals surface area contributed by atoms with Gasteiger partial charge >= 0.3 is 0 Å². The van der Waals surface area contributed by atoms with Crippen molar-refractivity contribution in [2.45, 2.75) is 26.4 Å². The van der Waals surface area contributed by atoms with Gasteiger partial charge in [-0.15, -0.1) is 0 Å². The average molecular weight is 281 g/mol. The lowest BCUT2D eigenvalue weighted by Crippen LogP contribution is -2.29. The van der Waals surface area contributed by atoms with Crippen molar-refractivity contribution in [2.24, 2.45) is 0 Å². The third-order valence-electron chi connectivity index (χ3n) is 3.97. The zero-order valence-corrected chi connectivity index (χ0v) is 12.1. The summed E-state index contributed by atoms with van der Waals surface area (Å²) in [5, 5.41) is 6.34. The second-order valence-electron chi connectivity index (χ2n) is 5.35. The minimum atomic E-state index is -0.00277. The van der Waals surface area contributed by atoms with Gasteiger partial charge in [0, 0.05) is 31.0 Å². The van der Waals surface area contributed by atoms with Crippen molar-refractivity contribution in [3.05, 3.63) is 64.5 Å². The molecule has 0 atom stereocenters. The van der Waals surface area contributed by atoms with Crippen LogP contribution in [0.3, 0.4) is 0 Å². The molecule has 21 heavy (non-hydrogen) atoms. The monoisotopic (exact) mass is 281 g/mol.